The van der Waals surface area contributed by atoms with Crippen molar-refractivity contribution >= 4 is 5.82 Å². The van der Waals surface area contributed by atoms with Gasteiger partial charge in [0.2, 0.25) is 0 Å². The second kappa shape index (κ2) is 5.98. The third-order valence-electron chi connectivity index (χ3n) is 4.83. The fourth-order valence-corrected chi connectivity index (χ4v) is 3.24. The van der Waals surface area contributed by atoms with E-state index in [9.17, 15) is 14.3 Å². The Bertz CT molecular complexity index is 1040. The van der Waals surface area contributed by atoms with E-state index in [1.54, 1.807) is 24.5 Å². The highest BCUT2D eigenvalue weighted by atomic mass is 19.1. The molecule has 0 unspecified atom stereocenters. The van der Waals surface area contributed by atoms with Gasteiger partial charge in [0.05, 0.1) is 11.2 Å². The summed E-state index contributed by atoms with van der Waals surface area (Å²) in [5.41, 5.74) is 1.24. The average molecular weight is 351 g/mol. The van der Waals surface area contributed by atoms with Gasteiger partial charge in [0.1, 0.15) is 0 Å². The molecule has 3 aromatic rings. The number of nitrogens with one attached hydrogen (secondary N) is 1. The van der Waals surface area contributed by atoms with Crippen molar-refractivity contribution in [1.82, 2.24) is 9.55 Å². The largest absolute Gasteiger partial charge is 0.505 e. The fraction of sp³-hybridized carbons (Fsp3) is 0.200. The zero-order chi connectivity index (χ0) is 18.3. The summed E-state index contributed by atoms with van der Waals surface area (Å²) < 4.78 is 15.3. The topological polar surface area (TPSA) is 67.2 Å². The SMILES string of the molecule is Cc1ccccc1-n1ccnc(NC2(c3cccc(F)c3O)CC2)c1=O. The smallest absolute Gasteiger partial charge is 0.297 e. The molecule has 1 aliphatic carbocycles. The van der Waals surface area contributed by atoms with E-state index in [2.05, 4.69) is 10.3 Å². The van der Waals surface area contributed by atoms with E-state index in [0.29, 0.717) is 18.4 Å². The number of benzene rings is 2. The van der Waals surface area contributed by atoms with Crippen molar-refractivity contribution in [3.8, 4) is 11.4 Å². The molecule has 0 atom stereocenters. The lowest BCUT2D eigenvalue weighted by Gasteiger charge is -2.20. The van der Waals surface area contributed by atoms with Gasteiger partial charge < -0.3 is 10.4 Å². The maximum atomic E-state index is 13.7. The minimum absolute atomic E-state index is 0.178. The summed E-state index contributed by atoms with van der Waals surface area (Å²) in [5, 5.41) is 13.2. The standard InChI is InChI=1S/C20H18FN3O2/c1-13-5-2-3-8-16(13)24-12-11-22-18(19(24)26)23-20(9-10-20)14-6-4-7-15(21)17(14)25/h2-8,11-12,25H,9-10H2,1H3,(H,22,23). The van der Waals surface area contributed by atoms with Crippen molar-refractivity contribution in [3.63, 3.8) is 0 Å². The predicted molar refractivity (Wildman–Crippen MR) is 97.2 cm³/mol. The van der Waals surface area contributed by atoms with Crippen LogP contribution in [0.5, 0.6) is 5.75 Å². The molecule has 0 saturated heterocycles. The Kier molecular flexibility index (Phi) is 3.76. The molecule has 1 aromatic heterocycles. The number of rotatable bonds is 4. The molecule has 2 aromatic carbocycles. The van der Waals surface area contributed by atoms with E-state index in [4.69, 9.17) is 0 Å². The number of hydrogen-bond donors (Lipinski definition) is 2. The highest BCUT2D eigenvalue weighted by Crippen LogP contribution is 2.51. The van der Waals surface area contributed by atoms with Gasteiger partial charge in [0.25, 0.3) is 5.56 Å². The number of para-hydroxylation sites is 2. The van der Waals surface area contributed by atoms with Gasteiger partial charge in [-0.3, -0.25) is 9.36 Å². The third-order valence-corrected chi connectivity index (χ3v) is 4.83. The zero-order valence-electron chi connectivity index (χ0n) is 14.2. The van der Waals surface area contributed by atoms with Crippen LogP contribution in [0.15, 0.2) is 59.7 Å². The van der Waals surface area contributed by atoms with Crippen LogP contribution in [-0.2, 0) is 5.54 Å². The van der Waals surface area contributed by atoms with Crippen LogP contribution in [0.25, 0.3) is 5.69 Å². The molecule has 1 fully saturated rings. The lowest BCUT2D eigenvalue weighted by atomic mass is 10.0. The van der Waals surface area contributed by atoms with Crippen molar-refractivity contribution < 1.29 is 9.50 Å². The molecule has 0 amide bonds. The summed E-state index contributed by atoms with van der Waals surface area (Å²) in [7, 11) is 0. The molecule has 0 radical (unpaired) electrons. The molecule has 26 heavy (non-hydrogen) atoms. The molecule has 1 heterocycles. The molecular weight excluding hydrogens is 333 g/mol. The van der Waals surface area contributed by atoms with Gasteiger partial charge in [-0.05, 0) is 37.5 Å². The summed E-state index contributed by atoms with van der Waals surface area (Å²) >= 11 is 0. The lowest BCUT2D eigenvalue weighted by molar-refractivity contribution is 0.421. The van der Waals surface area contributed by atoms with E-state index in [1.165, 1.54) is 10.6 Å². The first-order chi connectivity index (χ1) is 12.5. The van der Waals surface area contributed by atoms with Gasteiger partial charge >= 0.3 is 0 Å². The monoisotopic (exact) mass is 351 g/mol. The Labute approximate surface area is 149 Å². The van der Waals surface area contributed by atoms with Crippen molar-refractivity contribution in [1.29, 1.82) is 0 Å². The molecule has 5 nitrogen and oxygen atoms in total. The summed E-state index contributed by atoms with van der Waals surface area (Å²) in [6.07, 6.45) is 4.54. The number of anilines is 1. The average Bonchev–Trinajstić information content (AvgIpc) is 3.40. The van der Waals surface area contributed by atoms with Crippen molar-refractivity contribution in [3.05, 3.63) is 82.2 Å². The maximum Gasteiger partial charge on any atom is 0.297 e. The first kappa shape index (κ1) is 16.3. The number of aryl methyl sites for hydroxylation is 1. The minimum atomic E-state index is -0.672. The van der Waals surface area contributed by atoms with Crippen LogP contribution in [-0.4, -0.2) is 14.7 Å². The van der Waals surface area contributed by atoms with E-state index in [0.717, 1.165) is 11.3 Å². The van der Waals surface area contributed by atoms with E-state index in [1.807, 2.05) is 31.2 Å². The predicted octanol–water partition coefficient (Wildman–Crippen LogP) is 3.49. The molecule has 132 valence electrons. The van der Waals surface area contributed by atoms with Crippen LogP contribution in [0.4, 0.5) is 10.2 Å². The van der Waals surface area contributed by atoms with Crippen LogP contribution >= 0.6 is 0 Å². The highest BCUT2D eigenvalue weighted by molar-refractivity contribution is 5.51. The van der Waals surface area contributed by atoms with Crippen LogP contribution in [0, 0.1) is 12.7 Å². The molecule has 2 N–H and O–H groups in total. The maximum absolute atomic E-state index is 13.7. The molecule has 4 rings (SSSR count). The Balaban J connectivity index is 1.74. The normalized spacial score (nSPS) is 14.8. The number of aromatic nitrogens is 2. The van der Waals surface area contributed by atoms with Crippen LogP contribution in [0.1, 0.15) is 24.0 Å². The van der Waals surface area contributed by atoms with Crippen LogP contribution in [0.2, 0.25) is 0 Å². The van der Waals surface area contributed by atoms with Gasteiger partial charge in [-0.15, -0.1) is 0 Å². The number of nitrogens with zero attached hydrogens (tertiary/aromatic N) is 2. The Hall–Kier alpha value is -3.15. The van der Waals surface area contributed by atoms with Crippen LogP contribution < -0.4 is 10.9 Å². The lowest BCUT2D eigenvalue weighted by Crippen LogP contribution is -2.29. The quantitative estimate of drug-likeness (QED) is 0.755. The number of phenols is 1. The first-order valence-electron chi connectivity index (χ1n) is 8.42. The molecule has 1 aliphatic rings. The number of hydrogen-bond acceptors (Lipinski definition) is 4. The molecule has 6 heteroatoms. The van der Waals surface area contributed by atoms with Crippen molar-refractivity contribution in [2.75, 3.05) is 5.32 Å². The molecular formula is C20H18FN3O2. The molecule has 0 bridgehead atoms. The molecule has 0 aliphatic heterocycles. The van der Waals surface area contributed by atoms with Gasteiger partial charge in [0.15, 0.2) is 17.4 Å². The van der Waals surface area contributed by atoms with Crippen LogP contribution in [0.3, 0.4) is 0 Å². The van der Waals surface area contributed by atoms with Gasteiger partial charge in [0, 0.05) is 18.0 Å². The summed E-state index contributed by atoms with van der Waals surface area (Å²) in [6, 6.07) is 12.0. The molecule has 0 spiro atoms. The number of aromatic hydroxyl groups is 1. The summed E-state index contributed by atoms with van der Waals surface area (Å²) in [6.45, 7) is 1.93. The van der Waals surface area contributed by atoms with E-state index >= 15 is 0 Å². The van der Waals surface area contributed by atoms with Gasteiger partial charge in [-0.25, -0.2) is 9.37 Å². The van der Waals surface area contributed by atoms with Crippen molar-refractivity contribution in [2.24, 2.45) is 0 Å². The Morgan fingerprint density at radius 3 is 2.69 bits per heavy atom. The third kappa shape index (κ3) is 2.63. The Morgan fingerprint density at radius 2 is 1.96 bits per heavy atom. The second-order valence-corrected chi connectivity index (χ2v) is 6.58. The fourth-order valence-electron chi connectivity index (χ4n) is 3.24. The minimum Gasteiger partial charge on any atom is -0.505 e. The first-order valence-corrected chi connectivity index (χ1v) is 8.42. The summed E-state index contributed by atoms with van der Waals surface area (Å²) in [5.74, 6) is -0.876. The Morgan fingerprint density at radius 1 is 1.19 bits per heavy atom. The molecule has 1 saturated carbocycles. The second-order valence-electron chi connectivity index (χ2n) is 6.58. The van der Waals surface area contributed by atoms with E-state index in [-0.39, 0.29) is 17.1 Å². The van der Waals surface area contributed by atoms with Gasteiger partial charge in [-0.1, -0.05) is 30.3 Å². The number of halogens is 1. The number of phenolic OH excluding ortho intramolecular Hbond substituents is 1. The van der Waals surface area contributed by atoms with Crippen molar-refractivity contribution in [2.45, 2.75) is 25.3 Å². The zero-order valence-corrected chi connectivity index (χ0v) is 14.2. The van der Waals surface area contributed by atoms with Gasteiger partial charge in [-0.2, -0.15) is 0 Å². The summed E-state index contributed by atoms with van der Waals surface area (Å²) in [4.78, 5) is 17.1. The van der Waals surface area contributed by atoms with E-state index < -0.39 is 11.4 Å². The highest BCUT2D eigenvalue weighted by Gasteiger charge is 2.47.